The molecule has 2 heteroatoms. The maximum Gasteiger partial charge on any atom is 0.0253 e. The predicted octanol–water partition coefficient (Wildman–Crippen LogP) is 2.66. The lowest BCUT2D eigenvalue weighted by Crippen LogP contribution is -2.61. The molecule has 1 aliphatic heterocycles. The van der Waals surface area contributed by atoms with Gasteiger partial charge in [-0.2, -0.15) is 0 Å². The number of nitrogens with zero attached hydrogens (tertiary/aromatic N) is 1. The first-order chi connectivity index (χ1) is 7.44. The third-order valence-electron chi connectivity index (χ3n) is 3.25. The monoisotopic (exact) mass is 224 g/mol. The second kappa shape index (κ2) is 5.83. The smallest absolute Gasteiger partial charge is 0.0253 e. The first-order valence-corrected chi connectivity index (χ1v) is 6.55. The second-order valence-corrected chi connectivity index (χ2v) is 6.05. The average Bonchev–Trinajstić information content (AvgIpc) is 2.17. The maximum absolute atomic E-state index is 3.65. The van der Waals surface area contributed by atoms with E-state index in [9.17, 15) is 0 Å². The summed E-state index contributed by atoms with van der Waals surface area (Å²) in [7, 11) is 0. The molecule has 16 heavy (non-hydrogen) atoms. The second-order valence-electron chi connectivity index (χ2n) is 6.05. The molecule has 1 unspecified atom stereocenters. The zero-order valence-electron chi connectivity index (χ0n) is 11.6. The Hall–Kier alpha value is -0.340. The van der Waals surface area contributed by atoms with Crippen LogP contribution < -0.4 is 5.32 Å². The van der Waals surface area contributed by atoms with Gasteiger partial charge in [0.1, 0.15) is 0 Å². The highest BCUT2D eigenvalue weighted by atomic mass is 15.2. The van der Waals surface area contributed by atoms with Crippen LogP contribution in [0.4, 0.5) is 0 Å². The lowest BCUT2D eigenvalue weighted by atomic mass is 9.94. The quantitative estimate of drug-likeness (QED) is 0.739. The average molecular weight is 224 g/mol. The Balaban J connectivity index is 2.60. The molecule has 1 fully saturated rings. The highest BCUT2D eigenvalue weighted by Crippen LogP contribution is 2.19. The Bertz CT molecular complexity index is 231. The molecule has 1 N–H and O–H groups in total. The van der Waals surface area contributed by atoms with Crippen LogP contribution in [0.2, 0.25) is 0 Å². The molecule has 0 saturated carbocycles. The lowest BCUT2D eigenvalue weighted by Gasteiger charge is -2.45. The molecular formula is C14H28N2. The molecule has 1 aliphatic rings. The summed E-state index contributed by atoms with van der Waals surface area (Å²) in [4.78, 5) is 2.62. The van der Waals surface area contributed by atoms with Crippen molar-refractivity contribution in [1.82, 2.24) is 10.2 Å². The van der Waals surface area contributed by atoms with Gasteiger partial charge < -0.3 is 5.32 Å². The minimum atomic E-state index is 0.259. The van der Waals surface area contributed by atoms with Crippen LogP contribution in [0.25, 0.3) is 0 Å². The summed E-state index contributed by atoms with van der Waals surface area (Å²) in [6, 6.07) is 0.698. The van der Waals surface area contributed by atoms with Gasteiger partial charge in [-0.1, -0.05) is 26.0 Å². The van der Waals surface area contributed by atoms with Crippen LogP contribution in [0.15, 0.2) is 12.2 Å². The van der Waals surface area contributed by atoms with Crippen molar-refractivity contribution in [2.45, 2.75) is 52.6 Å². The van der Waals surface area contributed by atoms with E-state index < -0.39 is 0 Å². The van der Waals surface area contributed by atoms with Crippen LogP contribution >= 0.6 is 0 Å². The zero-order valence-corrected chi connectivity index (χ0v) is 11.6. The number of rotatable bonds is 4. The summed E-state index contributed by atoms with van der Waals surface area (Å²) < 4.78 is 0. The fraction of sp³-hybridized carbons (Fsp3) is 0.857. The van der Waals surface area contributed by atoms with E-state index in [2.05, 4.69) is 57.0 Å². The Labute approximate surface area is 101 Å². The molecule has 0 aromatic carbocycles. The van der Waals surface area contributed by atoms with Crippen LogP contribution in [-0.4, -0.2) is 36.1 Å². The summed E-state index contributed by atoms with van der Waals surface area (Å²) >= 11 is 0. The Morgan fingerprint density at radius 2 is 2.12 bits per heavy atom. The van der Waals surface area contributed by atoms with Gasteiger partial charge in [-0.15, -0.1) is 0 Å². The minimum Gasteiger partial charge on any atom is -0.309 e. The van der Waals surface area contributed by atoms with Crippen LogP contribution in [0.1, 0.15) is 41.0 Å². The van der Waals surface area contributed by atoms with Gasteiger partial charge in [-0.3, -0.25) is 4.90 Å². The molecule has 0 amide bonds. The van der Waals surface area contributed by atoms with E-state index in [-0.39, 0.29) is 5.54 Å². The van der Waals surface area contributed by atoms with E-state index >= 15 is 0 Å². The molecule has 2 nitrogen and oxygen atoms in total. The van der Waals surface area contributed by atoms with Gasteiger partial charge >= 0.3 is 0 Å². The first kappa shape index (κ1) is 13.7. The van der Waals surface area contributed by atoms with Crippen molar-refractivity contribution in [3.63, 3.8) is 0 Å². The number of nitrogens with one attached hydrogen (secondary N) is 1. The van der Waals surface area contributed by atoms with Crippen LogP contribution in [-0.2, 0) is 0 Å². The SMILES string of the molecule is C/C=C/CN1CC(C)(C)NCC1CC(C)C. The molecule has 0 bridgehead atoms. The number of hydrogen-bond donors (Lipinski definition) is 1. The molecule has 1 saturated heterocycles. The summed E-state index contributed by atoms with van der Waals surface area (Å²) in [5.74, 6) is 0.779. The van der Waals surface area contributed by atoms with Crippen molar-refractivity contribution >= 4 is 0 Å². The van der Waals surface area contributed by atoms with Crippen molar-refractivity contribution in [3.05, 3.63) is 12.2 Å². The van der Waals surface area contributed by atoms with Gasteiger partial charge in [0.15, 0.2) is 0 Å². The highest BCUT2D eigenvalue weighted by molar-refractivity contribution is 4.95. The van der Waals surface area contributed by atoms with Gasteiger partial charge in [0.2, 0.25) is 0 Å². The number of allylic oxidation sites excluding steroid dienone is 1. The molecule has 0 aromatic heterocycles. The lowest BCUT2D eigenvalue weighted by molar-refractivity contribution is 0.0942. The van der Waals surface area contributed by atoms with E-state index in [0.717, 1.165) is 25.6 Å². The van der Waals surface area contributed by atoms with Gasteiger partial charge in [0, 0.05) is 31.2 Å². The molecule has 94 valence electrons. The van der Waals surface area contributed by atoms with Gasteiger partial charge in [0.05, 0.1) is 0 Å². The zero-order chi connectivity index (χ0) is 12.2. The van der Waals surface area contributed by atoms with Crippen molar-refractivity contribution in [2.75, 3.05) is 19.6 Å². The summed E-state index contributed by atoms with van der Waals surface area (Å²) in [6.45, 7) is 14.7. The Morgan fingerprint density at radius 3 is 2.69 bits per heavy atom. The van der Waals surface area contributed by atoms with E-state index in [4.69, 9.17) is 0 Å². The van der Waals surface area contributed by atoms with Gasteiger partial charge in [-0.25, -0.2) is 0 Å². The summed E-state index contributed by atoms with van der Waals surface area (Å²) in [6.07, 6.45) is 5.72. The van der Waals surface area contributed by atoms with E-state index in [1.165, 1.54) is 6.42 Å². The largest absolute Gasteiger partial charge is 0.309 e. The van der Waals surface area contributed by atoms with Gasteiger partial charge in [0.25, 0.3) is 0 Å². The molecule has 0 spiro atoms. The predicted molar refractivity (Wildman–Crippen MR) is 71.7 cm³/mol. The summed E-state index contributed by atoms with van der Waals surface area (Å²) in [5.41, 5.74) is 0.259. The molecule has 0 radical (unpaired) electrons. The molecule has 1 heterocycles. The Kier molecular flexibility index (Phi) is 5.00. The molecule has 0 aromatic rings. The van der Waals surface area contributed by atoms with E-state index in [1.807, 2.05) is 0 Å². The third kappa shape index (κ3) is 4.26. The van der Waals surface area contributed by atoms with Crippen LogP contribution in [0.3, 0.4) is 0 Å². The van der Waals surface area contributed by atoms with Crippen molar-refractivity contribution < 1.29 is 0 Å². The molecule has 0 aliphatic carbocycles. The maximum atomic E-state index is 3.65. The van der Waals surface area contributed by atoms with Crippen molar-refractivity contribution in [2.24, 2.45) is 5.92 Å². The van der Waals surface area contributed by atoms with E-state index in [1.54, 1.807) is 0 Å². The number of piperazine rings is 1. The molecule has 1 atom stereocenters. The standard InChI is InChI=1S/C14H28N2/c1-6-7-8-16-11-14(4,5)15-10-13(16)9-12(2)3/h6-7,12-13,15H,8-11H2,1-5H3/b7-6+. The normalized spacial score (nSPS) is 26.8. The van der Waals surface area contributed by atoms with E-state index in [0.29, 0.717) is 6.04 Å². The minimum absolute atomic E-state index is 0.259. The fourth-order valence-corrected chi connectivity index (χ4v) is 2.45. The first-order valence-electron chi connectivity index (χ1n) is 6.55. The van der Waals surface area contributed by atoms with Crippen molar-refractivity contribution in [1.29, 1.82) is 0 Å². The summed E-state index contributed by atoms with van der Waals surface area (Å²) in [5, 5.41) is 3.65. The highest BCUT2D eigenvalue weighted by Gasteiger charge is 2.31. The van der Waals surface area contributed by atoms with Crippen LogP contribution in [0, 0.1) is 5.92 Å². The molecule has 1 rings (SSSR count). The third-order valence-corrected chi connectivity index (χ3v) is 3.25. The fourth-order valence-electron chi connectivity index (χ4n) is 2.45. The topological polar surface area (TPSA) is 15.3 Å². The van der Waals surface area contributed by atoms with Crippen molar-refractivity contribution in [3.8, 4) is 0 Å². The Morgan fingerprint density at radius 1 is 1.44 bits per heavy atom. The van der Waals surface area contributed by atoms with Crippen LogP contribution in [0.5, 0.6) is 0 Å². The molecular weight excluding hydrogens is 196 g/mol. The van der Waals surface area contributed by atoms with Gasteiger partial charge in [-0.05, 0) is 33.1 Å². The number of hydrogen-bond acceptors (Lipinski definition) is 2.